The van der Waals surface area contributed by atoms with E-state index in [0.717, 1.165) is 12.8 Å². The number of rotatable bonds is 2. The number of aromatic hydroxyl groups is 2. The molecule has 1 fully saturated rings. The van der Waals surface area contributed by atoms with Gasteiger partial charge in [-0.3, -0.25) is 4.99 Å². The molecule has 3 heteroatoms. The average Bonchev–Trinajstić information content (AvgIpc) is 2.29. The van der Waals surface area contributed by atoms with Crippen LogP contribution < -0.4 is 0 Å². The molecule has 1 aromatic carbocycles. The monoisotopic (exact) mass is 219 g/mol. The molecule has 2 rings (SSSR count). The fourth-order valence-electron chi connectivity index (χ4n) is 2.06. The lowest BCUT2D eigenvalue weighted by Gasteiger charge is -2.17. The van der Waals surface area contributed by atoms with E-state index in [0.29, 0.717) is 11.6 Å². The second kappa shape index (κ2) is 5.01. The highest BCUT2D eigenvalue weighted by molar-refractivity contribution is 5.83. The Kier molecular flexibility index (Phi) is 3.44. The standard InChI is InChI=1S/C13H17NO2/c15-12-7-6-10(13(16)8-12)9-14-11-4-2-1-3-5-11/h6-9,11,15-16H,1-5H2. The van der Waals surface area contributed by atoms with E-state index < -0.39 is 0 Å². The van der Waals surface area contributed by atoms with Gasteiger partial charge in [0.25, 0.3) is 0 Å². The van der Waals surface area contributed by atoms with Crippen molar-refractivity contribution in [1.82, 2.24) is 0 Å². The second-order valence-electron chi connectivity index (χ2n) is 4.31. The molecule has 1 saturated carbocycles. The van der Waals surface area contributed by atoms with Crippen molar-refractivity contribution in [2.45, 2.75) is 38.1 Å². The van der Waals surface area contributed by atoms with Gasteiger partial charge in [-0.15, -0.1) is 0 Å². The van der Waals surface area contributed by atoms with Crippen LogP contribution >= 0.6 is 0 Å². The minimum Gasteiger partial charge on any atom is -0.508 e. The Hall–Kier alpha value is -1.51. The summed E-state index contributed by atoms with van der Waals surface area (Å²) in [6.07, 6.45) is 7.83. The van der Waals surface area contributed by atoms with Crippen LogP contribution in [0.2, 0.25) is 0 Å². The van der Waals surface area contributed by atoms with E-state index in [1.54, 1.807) is 18.3 Å². The van der Waals surface area contributed by atoms with Crippen LogP contribution in [0.5, 0.6) is 11.5 Å². The van der Waals surface area contributed by atoms with Gasteiger partial charge in [-0.1, -0.05) is 19.3 Å². The first-order chi connectivity index (χ1) is 7.75. The molecule has 0 heterocycles. The van der Waals surface area contributed by atoms with E-state index >= 15 is 0 Å². The van der Waals surface area contributed by atoms with Gasteiger partial charge in [0.05, 0.1) is 0 Å². The van der Waals surface area contributed by atoms with Gasteiger partial charge in [-0.2, -0.15) is 0 Å². The third-order valence-corrected chi connectivity index (χ3v) is 3.01. The van der Waals surface area contributed by atoms with Crippen LogP contribution in [0.15, 0.2) is 23.2 Å². The molecule has 0 spiro atoms. The Morgan fingerprint density at radius 2 is 1.88 bits per heavy atom. The molecule has 1 aromatic rings. The number of hydrogen-bond donors (Lipinski definition) is 2. The Labute approximate surface area is 95.5 Å². The Bertz CT molecular complexity index is 382. The summed E-state index contributed by atoms with van der Waals surface area (Å²) in [5.74, 6) is 0.159. The van der Waals surface area contributed by atoms with Gasteiger partial charge < -0.3 is 10.2 Å². The summed E-state index contributed by atoms with van der Waals surface area (Å²) in [5, 5.41) is 18.7. The van der Waals surface area contributed by atoms with Crippen molar-refractivity contribution in [2.75, 3.05) is 0 Å². The molecule has 0 aliphatic heterocycles. The van der Waals surface area contributed by atoms with Gasteiger partial charge in [0.2, 0.25) is 0 Å². The fraction of sp³-hybridized carbons (Fsp3) is 0.462. The summed E-state index contributed by atoms with van der Waals surface area (Å²) in [6.45, 7) is 0. The van der Waals surface area contributed by atoms with Crippen molar-refractivity contribution < 1.29 is 10.2 Å². The predicted octanol–water partition coefficient (Wildman–Crippen LogP) is 2.85. The summed E-state index contributed by atoms with van der Waals surface area (Å²) in [5.41, 5.74) is 0.670. The van der Waals surface area contributed by atoms with Gasteiger partial charge in [0.1, 0.15) is 11.5 Å². The summed E-state index contributed by atoms with van der Waals surface area (Å²) in [6, 6.07) is 4.98. The lowest BCUT2D eigenvalue weighted by atomic mass is 9.96. The van der Waals surface area contributed by atoms with Crippen LogP contribution in [0.3, 0.4) is 0 Å². The summed E-state index contributed by atoms with van der Waals surface area (Å²) < 4.78 is 0. The molecule has 1 aliphatic carbocycles. The quantitative estimate of drug-likeness (QED) is 0.751. The molecule has 3 nitrogen and oxygen atoms in total. The Morgan fingerprint density at radius 1 is 1.12 bits per heavy atom. The number of benzene rings is 1. The molecule has 0 aromatic heterocycles. The maximum Gasteiger partial charge on any atom is 0.128 e. The van der Waals surface area contributed by atoms with Gasteiger partial charge in [-0.05, 0) is 25.0 Å². The zero-order chi connectivity index (χ0) is 11.4. The van der Waals surface area contributed by atoms with Crippen molar-refractivity contribution >= 4 is 6.21 Å². The lowest BCUT2D eigenvalue weighted by molar-refractivity contribution is 0.443. The van der Waals surface area contributed by atoms with Crippen LogP contribution in [-0.4, -0.2) is 22.5 Å². The van der Waals surface area contributed by atoms with Crippen molar-refractivity contribution in [2.24, 2.45) is 4.99 Å². The van der Waals surface area contributed by atoms with E-state index in [9.17, 15) is 5.11 Å². The number of phenols is 2. The third-order valence-electron chi connectivity index (χ3n) is 3.01. The maximum absolute atomic E-state index is 9.57. The molecular formula is C13H17NO2. The minimum absolute atomic E-state index is 0.0762. The molecule has 0 saturated heterocycles. The van der Waals surface area contributed by atoms with Crippen molar-refractivity contribution in [3.05, 3.63) is 23.8 Å². The second-order valence-corrected chi connectivity index (χ2v) is 4.31. The molecular weight excluding hydrogens is 202 g/mol. The molecule has 16 heavy (non-hydrogen) atoms. The van der Waals surface area contributed by atoms with Gasteiger partial charge >= 0.3 is 0 Å². The molecule has 0 radical (unpaired) electrons. The first kappa shape index (κ1) is 11.0. The number of nitrogens with zero attached hydrogens (tertiary/aromatic N) is 1. The third kappa shape index (κ3) is 2.75. The van der Waals surface area contributed by atoms with Gasteiger partial charge in [-0.25, -0.2) is 0 Å². The molecule has 1 aliphatic rings. The zero-order valence-corrected chi connectivity index (χ0v) is 9.26. The SMILES string of the molecule is Oc1ccc(C=NC2CCCCC2)c(O)c1. The van der Waals surface area contributed by atoms with Crippen LogP contribution in [0.4, 0.5) is 0 Å². The van der Waals surface area contributed by atoms with Crippen molar-refractivity contribution in [3.8, 4) is 11.5 Å². The summed E-state index contributed by atoms with van der Waals surface area (Å²) >= 11 is 0. The average molecular weight is 219 g/mol. The predicted molar refractivity (Wildman–Crippen MR) is 64.2 cm³/mol. The molecule has 0 bridgehead atoms. The molecule has 0 amide bonds. The van der Waals surface area contributed by atoms with E-state index in [1.807, 2.05) is 0 Å². The number of phenolic OH excluding ortho intramolecular Hbond substituents is 2. The number of aliphatic imine (C=N–C) groups is 1. The van der Waals surface area contributed by atoms with Crippen molar-refractivity contribution in [3.63, 3.8) is 0 Å². The topological polar surface area (TPSA) is 52.8 Å². The maximum atomic E-state index is 9.57. The fourth-order valence-corrected chi connectivity index (χ4v) is 2.06. The first-order valence-electron chi connectivity index (χ1n) is 5.81. The summed E-state index contributed by atoms with van der Waals surface area (Å²) in [4.78, 5) is 4.48. The first-order valence-corrected chi connectivity index (χ1v) is 5.81. The van der Waals surface area contributed by atoms with Crippen LogP contribution in [0.1, 0.15) is 37.7 Å². The molecule has 0 atom stereocenters. The van der Waals surface area contributed by atoms with Crippen LogP contribution in [-0.2, 0) is 0 Å². The van der Waals surface area contributed by atoms with Crippen LogP contribution in [0, 0.1) is 0 Å². The van der Waals surface area contributed by atoms with E-state index in [2.05, 4.69) is 4.99 Å². The van der Waals surface area contributed by atoms with E-state index in [1.165, 1.54) is 25.3 Å². The molecule has 2 N–H and O–H groups in total. The largest absolute Gasteiger partial charge is 0.508 e. The highest BCUT2D eigenvalue weighted by atomic mass is 16.3. The van der Waals surface area contributed by atoms with E-state index in [-0.39, 0.29) is 11.5 Å². The number of hydrogen-bond acceptors (Lipinski definition) is 3. The summed E-state index contributed by atoms with van der Waals surface area (Å²) in [7, 11) is 0. The molecule has 0 unspecified atom stereocenters. The molecule has 86 valence electrons. The normalized spacial score (nSPS) is 18.0. The van der Waals surface area contributed by atoms with Crippen LogP contribution in [0.25, 0.3) is 0 Å². The Balaban J connectivity index is 2.04. The smallest absolute Gasteiger partial charge is 0.128 e. The lowest BCUT2D eigenvalue weighted by Crippen LogP contribution is -2.09. The minimum atomic E-state index is 0.0762. The van der Waals surface area contributed by atoms with Gasteiger partial charge in [0, 0.05) is 23.9 Å². The highest BCUT2D eigenvalue weighted by Crippen LogP contribution is 2.23. The van der Waals surface area contributed by atoms with Gasteiger partial charge in [0.15, 0.2) is 0 Å². The highest BCUT2D eigenvalue weighted by Gasteiger charge is 2.11. The zero-order valence-electron chi connectivity index (χ0n) is 9.26. The van der Waals surface area contributed by atoms with Crippen molar-refractivity contribution in [1.29, 1.82) is 0 Å². The van der Waals surface area contributed by atoms with E-state index in [4.69, 9.17) is 5.11 Å². The Morgan fingerprint density at radius 3 is 2.56 bits per heavy atom.